The van der Waals surface area contributed by atoms with Crippen LogP contribution in [0.1, 0.15) is 43.5 Å². The molecule has 3 rings (SSSR count). The van der Waals surface area contributed by atoms with E-state index >= 15 is 0 Å². The highest BCUT2D eigenvalue weighted by molar-refractivity contribution is 6.40. The first-order valence-electron chi connectivity index (χ1n) is 7.64. The third kappa shape index (κ3) is 2.72. The summed E-state index contributed by atoms with van der Waals surface area (Å²) in [6.45, 7) is 3.77. The Labute approximate surface area is 117 Å². The fourth-order valence-electron chi connectivity index (χ4n) is 4.03. The minimum absolute atomic E-state index is 0.664. The number of hydrogen-bond acceptors (Lipinski definition) is 0. The molecule has 2 fully saturated rings. The van der Waals surface area contributed by atoms with Crippen molar-refractivity contribution in [1.82, 2.24) is 0 Å². The fourth-order valence-corrected chi connectivity index (χ4v) is 4.03. The van der Waals surface area contributed by atoms with Crippen LogP contribution in [0.4, 0.5) is 0 Å². The van der Waals surface area contributed by atoms with E-state index in [2.05, 4.69) is 56.0 Å². The summed E-state index contributed by atoms with van der Waals surface area (Å²) >= 11 is 0. The average Bonchev–Trinajstić information content (AvgIpc) is 2.74. The Morgan fingerprint density at radius 3 is 2.74 bits per heavy atom. The Balaban J connectivity index is 1.89. The molecule has 2 heterocycles. The molecule has 0 spiro atoms. The lowest BCUT2D eigenvalue weighted by Crippen LogP contribution is -2.18. The second-order valence-electron chi connectivity index (χ2n) is 6.10. The van der Waals surface area contributed by atoms with E-state index in [1.165, 1.54) is 37.7 Å². The van der Waals surface area contributed by atoms with Crippen LogP contribution in [0, 0.1) is 11.8 Å². The Morgan fingerprint density at radius 1 is 1.11 bits per heavy atom. The molecule has 0 saturated carbocycles. The summed E-state index contributed by atoms with van der Waals surface area (Å²) in [6, 6.07) is 11.1. The van der Waals surface area contributed by atoms with Crippen molar-refractivity contribution in [2.24, 2.45) is 11.8 Å². The monoisotopic (exact) mass is 249 g/mol. The van der Waals surface area contributed by atoms with Gasteiger partial charge >= 0.3 is 0 Å². The molecule has 0 amide bonds. The fraction of sp³-hybridized carbons (Fsp3) is 0.500. The maximum absolute atomic E-state index is 3.77. The standard InChI is InChI=1S/C18H22B/c1-2-7-14-12-13-16-10-6-11-17(14)19-18(16)15-8-4-3-5-9-15/h3-5,7-9,14,16-18H,1,6,10-13H2. The van der Waals surface area contributed by atoms with Gasteiger partial charge in [0.15, 0.2) is 0 Å². The molecule has 2 aliphatic rings. The summed E-state index contributed by atoms with van der Waals surface area (Å²) in [6.07, 6.45) is 9.03. The van der Waals surface area contributed by atoms with Gasteiger partial charge in [0.1, 0.15) is 7.28 Å². The molecule has 97 valence electrons. The van der Waals surface area contributed by atoms with E-state index in [1.54, 1.807) is 0 Å². The summed E-state index contributed by atoms with van der Waals surface area (Å²) in [7, 11) is 2.65. The van der Waals surface area contributed by atoms with Gasteiger partial charge in [0, 0.05) is 0 Å². The molecule has 2 bridgehead atoms. The third-order valence-corrected chi connectivity index (χ3v) is 5.01. The highest BCUT2D eigenvalue weighted by atomic mass is 14.3. The van der Waals surface area contributed by atoms with Crippen LogP contribution in [0.25, 0.3) is 0 Å². The lowest BCUT2D eigenvalue weighted by molar-refractivity contribution is 0.361. The van der Waals surface area contributed by atoms with Crippen molar-refractivity contribution in [3.05, 3.63) is 54.3 Å². The van der Waals surface area contributed by atoms with Gasteiger partial charge in [0.25, 0.3) is 0 Å². The van der Waals surface area contributed by atoms with E-state index < -0.39 is 0 Å². The van der Waals surface area contributed by atoms with Crippen molar-refractivity contribution in [2.75, 3.05) is 0 Å². The van der Waals surface area contributed by atoms with Crippen molar-refractivity contribution in [1.29, 1.82) is 0 Å². The molecule has 1 aromatic carbocycles. The van der Waals surface area contributed by atoms with Crippen LogP contribution in [-0.4, -0.2) is 7.28 Å². The van der Waals surface area contributed by atoms with Gasteiger partial charge in [0.05, 0.1) is 0 Å². The smallest absolute Gasteiger partial charge is 0.124 e. The average molecular weight is 249 g/mol. The molecule has 2 saturated heterocycles. The predicted octanol–water partition coefficient (Wildman–Crippen LogP) is 4.77. The number of allylic oxidation sites excluding steroid dienone is 1. The summed E-state index contributed by atoms with van der Waals surface area (Å²) in [5, 5.41) is 0. The largest absolute Gasteiger partial charge is 0.133 e. The molecule has 19 heavy (non-hydrogen) atoms. The summed E-state index contributed by atoms with van der Waals surface area (Å²) in [5.41, 5.74) is 4.54. The zero-order valence-corrected chi connectivity index (χ0v) is 11.6. The number of hydrogen-bond donors (Lipinski definition) is 0. The van der Waals surface area contributed by atoms with Crippen molar-refractivity contribution in [3.8, 4) is 0 Å². The zero-order chi connectivity index (χ0) is 13.1. The zero-order valence-electron chi connectivity index (χ0n) is 11.6. The van der Waals surface area contributed by atoms with E-state index in [9.17, 15) is 0 Å². The maximum Gasteiger partial charge on any atom is 0.124 e. The molecule has 4 unspecified atom stereocenters. The van der Waals surface area contributed by atoms with Crippen LogP contribution in [0.5, 0.6) is 0 Å². The number of benzene rings is 1. The topological polar surface area (TPSA) is 0 Å². The van der Waals surface area contributed by atoms with Crippen LogP contribution >= 0.6 is 0 Å². The molecule has 0 aliphatic carbocycles. The molecule has 0 nitrogen and oxygen atoms in total. The molecule has 0 aromatic heterocycles. The van der Waals surface area contributed by atoms with Gasteiger partial charge in [-0.1, -0.05) is 67.6 Å². The summed E-state index contributed by atoms with van der Waals surface area (Å²) < 4.78 is 0. The quantitative estimate of drug-likeness (QED) is 0.523. The van der Waals surface area contributed by atoms with Gasteiger partial charge in [-0.05, 0) is 36.6 Å². The molecule has 2 aliphatic heterocycles. The van der Waals surface area contributed by atoms with Crippen LogP contribution in [0.15, 0.2) is 48.7 Å². The minimum atomic E-state index is 0.664. The van der Waals surface area contributed by atoms with E-state index in [1.807, 2.05) is 0 Å². The van der Waals surface area contributed by atoms with Gasteiger partial charge in [-0.25, -0.2) is 0 Å². The Hall–Kier alpha value is -1.20. The molecule has 4 atom stereocenters. The molecule has 1 aromatic rings. The lowest BCUT2D eigenvalue weighted by Gasteiger charge is -2.24. The second kappa shape index (κ2) is 5.84. The first kappa shape index (κ1) is 12.8. The van der Waals surface area contributed by atoms with Crippen LogP contribution in [0.2, 0.25) is 5.82 Å². The van der Waals surface area contributed by atoms with Gasteiger partial charge in [-0.2, -0.15) is 0 Å². The van der Waals surface area contributed by atoms with E-state index in [0.29, 0.717) is 11.7 Å². The Kier molecular flexibility index (Phi) is 3.94. The highest BCUT2D eigenvalue weighted by Gasteiger charge is 2.36. The Bertz CT molecular complexity index is 458. The van der Waals surface area contributed by atoms with Gasteiger partial charge < -0.3 is 0 Å². The van der Waals surface area contributed by atoms with Crippen LogP contribution < -0.4 is 0 Å². The number of rotatable bonds is 2. The predicted molar refractivity (Wildman–Crippen MR) is 82.5 cm³/mol. The molecular formula is C18H22B. The number of fused-ring (bicyclic) bond motifs is 3. The molecule has 0 N–H and O–H groups in total. The SMILES string of the molecule is C=C=CC1CCC2CCCC1[B]C2c1ccccc1. The molecule has 1 heteroatoms. The summed E-state index contributed by atoms with van der Waals surface area (Å²) in [4.78, 5) is 0. The first-order valence-corrected chi connectivity index (χ1v) is 7.64. The van der Waals surface area contributed by atoms with E-state index in [4.69, 9.17) is 0 Å². The Morgan fingerprint density at radius 2 is 1.95 bits per heavy atom. The third-order valence-electron chi connectivity index (χ3n) is 5.01. The van der Waals surface area contributed by atoms with Crippen LogP contribution in [0.3, 0.4) is 0 Å². The normalized spacial score (nSPS) is 33.7. The van der Waals surface area contributed by atoms with Gasteiger partial charge in [0.2, 0.25) is 0 Å². The van der Waals surface area contributed by atoms with Crippen molar-refractivity contribution in [3.63, 3.8) is 0 Å². The highest BCUT2D eigenvalue weighted by Crippen LogP contribution is 2.46. The molecular weight excluding hydrogens is 227 g/mol. The van der Waals surface area contributed by atoms with Gasteiger partial charge in [-0.3, -0.25) is 0 Å². The van der Waals surface area contributed by atoms with Crippen molar-refractivity contribution in [2.45, 2.75) is 43.7 Å². The summed E-state index contributed by atoms with van der Waals surface area (Å²) in [5.74, 6) is 2.91. The van der Waals surface area contributed by atoms with E-state index in [0.717, 1.165) is 11.7 Å². The molecule has 1 radical (unpaired) electrons. The minimum Gasteiger partial charge on any atom is -0.133 e. The van der Waals surface area contributed by atoms with E-state index in [-0.39, 0.29) is 0 Å². The van der Waals surface area contributed by atoms with Crippen molar-refractivity contribution >= 4 is 7.28 Å². The first-order chi connectivity index (χ1) is 9.38. The van der Waals surface area contributed by atoms with Gasteiger partial charge in [-0.15, -0.1) is 5.73 Å². The maximum atomic E-state index is 3.77. The second-order valence-corrected chi connectivity index (χ2v) is 6.10. The lowest BCUT2D eigenvalue weighted by atomic mass is 9.49. The van der Waals surface area contributed by atoms with Crippen LogP contribution in [-0.2, 0) is 0 Å². The van der Waals surface area contributed by atoms with Crippen molar-refractivity contribution < 1.29 is 0 Å².